The van der Waals surface area contributed by atoms with Crippen LogP contribution in [0, 0.1) is 0 Å². The number of aromatic carboxylic acids is 1. The zero-order chi connectivity index (χ0) is 16.2. The highest BCUT2D eigenvalue weighted by Gasteiger charge is 2.22. The van der Waals surface area contributed by atoms with E-state index in [4.69, 9.17) is 0 Å². The lowest BCUT2D eigenvalue weighted by atomic mass is 10.2. The fourth-order valence-electron chi connectivity index (χ4n) is 1.88. The molecule has 0 saturated heterocycles. The summed E-state index contributed by atoms with van der Waals surface area (Å²) in [6.07, 6.45) is 8.43. The van der Waals surface area contributed by atoms with Crippen LogP contribution in [-0.4, -0.2) is 36.9 Å². The summed E-state index contributed by atoms with van der Waals surface area (Å²) < 4.78 is 0. The summed E-state index contributed by atoms with van der Waals surface area (Å²) in [6, 6.07) is 0. The fraction of sp³-hybridized carbons (Fsp3) is 0. The van der Waals surface area contributed by atoms with Gasteiger partial charge in [0.1, 0.15) is 11.9 Å². The highest BCUT2D eigenvalue weighted by molar-refractivity contribution is 7.14. The number of rotatable bonds is 4. The highest BCUT2D eigenvalue weighted by Crippen LogP contribution is 2.34. The molecule has 0 unspecified atom stereocenters. The Morgan fingerprint density at radius 3 is 2.52 bits per heavy atom. The molecule has 0 aliphatic carbocycles. The van der Waals surface area contributed by atoms with Crippen molar-refractivity contribution in [2.24, 2.45) is 0 Å². The van der Waals surface area contributed by atoms with E-state index in [2.05, 4.69) is 25.3 Å². The number of aromatic nitrogens is 4. The molecule has 23 heavy (non-hydrogen) atoms. The maximum absolute atomic E-state index is 12.1. The molecule has 8 nitrogen and oxygen atoms in total. The van der Waals surface area contributed by atoms with Crippen LogP contribution in [-0.2, 0) is 0 Å². The van der Waals surface area contributed by atoms with E-state index in [9.17, 15) is 14.7 Å². The molecule has 0 radical (unpaired) electrons. The van der Waals surface area contributed by atoms with Crippen molar-refractivity contribution in [3.05, 3.63) is 53.8 Å². The standard InChI is InChI=1S/C14H9N5O3S/c20-13(8-3-16-7-17-4-8)19-10-6-23-12(11(10)14(21)22)9-5-15-1-2-18-9/h1-7H,(H,19,20)(H,21,22). The number of hydrogen-bond acceptors (Lipinski definition) is 7. The van der Waals surface area contributed by atoms with Crippen molar-refractivity contribution in [3.63, 3.8) is 0 Å². The minimum absolute atomic E-state index is 0.0271. The average molecular weight is 327 g/mol. The van der Waals surface area contributed by atoms with E-state index in [1.54, 1.807) is 5.38 Å². The van der Waals surface area contributed by atoms with Gasteiger partial charge < -0.3 is 10.4 Å². The van der Waals surface area contributed by atoms with Crippen molar-refractivity contribution in [2.75, 3.05) is 5.32 Å². The summed E-state index contributed by atoms with van der Waals surface area (Å²) in [5, 5.41) is 13.6. The molecule has 0 aliphatic rings. The normalized spacial score (nSPS) is 10.3. The molecular formula is C14H9N5O3S. The van der Waals surface area contributed by atoms with Crippen molar-refractivity contribution in [1.82, 2.24) is 19.9 Å². The Morgan fingerprint density at radius 1 is 1.09 bits per heavy atom. The maximum atomic E-state index is 12.1. The van der Waals surface area contributed by atoms with E-state index in [1.165, 1.54) is 48.6 Å². The summed E-state index contributed by atoms with van der Waals surface area (Å²) >= 11 is 1.17. The molecule has 0 aliphatic heterocycles. The molecule has 0 bridgehead atoms. The Labute approximate surface area is 133 Å². The first kappa shape index (κ1) is 14.7. The lowest BCUT2D eigenvalue weighted by Crippen LogP contribution is -2.14. The number of hydrogen-bond donors (Lipinski definition) is 2. The van der Waals surface area contributed by atoms with Crippen LogP contribution in [0.25, 0.3) is 10.6 Å². The molecule has 3 aromatic rings. The quantitative estimate of drug-likeness (QED) is 0.751. The molecule has 0 spiro atoms. The van der Waals surface area contributed by atoms with E-state index >= 15 is 0 Å². The predicted molar refractivity (Wildman–Crippen MR) is 82.3 cm³/mol. The summed E-state index contributed by atoms with van der Waals surface area (Å²) in [5.74, 6) is -1.65. The average Bonchev–Trinajstić information content (AvgIpc) is 3.00. The second-order valence-corrected chi connectivity index (χ2v) is 5.21. The first-order valence-electron chi connectivity index (χ1n) is 6.34. The van der Waals surface area contributed by atoms with Crippen molar-refractivity contribution in [1.29, 1.82) is 0 Å². The Morgan fingerprint density at radius 2 is 1.87 bits per heavy atom. The number of nitrogens with one attached hydrogen (secondary N) is 1. The van der Waals surface area contributed by atoms with E-state index in [0.29, 0.717) is 10.6 Å². The topological polar surface area (TPSA) is 118 Å². The molecule has 2 N–H and O–H groups in total. The molecule has 0 fully saturated rings. The van der Waals surface area contributed by atoms with Crippen LogP contribution < -0.4 is 5.32 Å². The van der Waals surface area contributed by atoms with Gasteiger partial charge in [-0.2, -0.15) is 0 Å². The van der Waals surface area contributed by atoms with Gasteiger partial charge in [-0.15, -0.1) is 11.3 Å². The molecule has 0 aromatic carbocycles. The number of amides is 1. The molecule has 0 saturated carbocycles. The zero-order valence-corrected chi connectivity index (χ0v) is 12.3. The summed E-state index contributed by atoms with van der Waals surface area (Å²) in [6.45, 7) is 0. The minimum Gasteiger partial charge on any atom is -0.478 e. The minimum atomic E-state index is -1.16. The van der Waals surface area contributed by atoms with Crippen LogP contribution in [0.3, 0.4) is 0 Å². The lowest BCUT2D eigenvalue weighted by molar-refractivity contribution is 0.0699. The number of carboxylic acid groups (broad SMARTS) is 1. The Balaban J connectivity index is 1.96. The van der Waals surface area contributed by atoms with Gasteiger partial charge in [0.2, 0.25) is 0 Å². The smallest absolute Gasteiger partial charge is 0.339 e. The molecule has 3 heterocycles. The summed E-state index contributed by atoms with van der Waals surface area (Å²) in [7, 11) is 0. The number of carbonyl (C=O) groups excluding carboxylic acids is 1. The summed E-state index contributed by atoms with van der Waals surface area (Å²) in [4.78, 5) is 39.7. The number of anilines is 1. The number of thiophene rings is 1. The second-order valence-electron chi connectivity index (χ2n) is 4.33. The van der Waals surface area contributed by atoms with Gasteiger partial charge >= 0.3 is 5.97 Å². The van der Waals surface area contributed by atoms with Crippen LogP contribution >= 0.6 is 11.3 Å². The molecule has 0 atom stereocenters. The van der Waals surface area contributed by atoms with E-state index in [-0.39, 0.29) is 16.8 Å². The lowest BCUT2D eigenvalue weighted by Gasteiger charge is -2.05. The maximum Gasteiger partial charge on any atom is 0.339 e. The van der Waals surface area contributed by atoms with Gasteiger partial charge in [-0.3, -0.25) is 14.8 Å². The third-order valence-electron chi connectivity index (χ3n) is 2.87. The molecule has 9 heteroatoms. The van der Waals surface area contributed by atoms with Gasteiger partial charge in [-0.1, -0.05) is 0 Å². The van der Waals surface area contributed by atoms with E-state index in [0.717, 1.165) is 0 Å². The van der Waals surface area contributed by atoms with Crippen molar-refractivity contribution in [2.45, 2.75) is 0 Å². The highest BCUT2D eigenvalue weighted by atomic mass is 32.1. The van der Waals surface area contributed by atoms with E-state index < -0.39 is 11.9 Å². The number of nitrogens with zero attached hydrogens (tertiary/aromatic N) is 4. The summed E-state index contributed by atoms with van der Waals surface area (Å²) in [5.41, 5.74) is 0.826. The zero-order valence-electron chi connectivity index (χ0n) is 11.5. The van der Waals surface area contributed by atoms with Gasteiger partial charge in [0.05, 0.1) is 28.0 Å². The van der Waals surface area contributed by atoms with Crippen LogP contribution in [0.4, 0.5) is 5.69 Å². The Hall–Kier alpha value is -3.20. The molecule has 3 rings (SSSR count). The largest absolute Gasteiger partial charge is 0.478 e. The van der Waals surface area contributed by atoms with Gasteiger partial charge in [0.15, 0.2) is 0 Å². The van der Waals surface area contributed by atoms with Gasteiger partial charge in [-0.25, -0.2) is 14.8 Å². The van der Waals surface area contributed by atoms with Crippen molar-refractivity contribution < 1.29 is 14.7 Å². The Bertz CT molecular complexity index is 851. The van der Waals surface area contributed by atoms with Crippen LogP contribution in [0.15, 0.2) is 42.7 Å². The third kappa shape index (κ3) is 3.04. The van der Waals surface area contributed by atoms with E-state index in [1.807, 2.05) is 0 Å². The van der Waals surface area contributed by atoms with Gasteiger partial charge in [0, 0.05) is 30.2 Å². The first-order chi connectivity index (χ1) is 11.2. The Kier molecular flexibility index (Phi) is 4.02. The monoisotopic (exact) mass is 327 g/mol. The molecule has 1 amide bonds. The SMILES string of the molecule is O=C(Nc1csc(-c2cnccn2)c1C(=O)O)c1cncnc1. The number of carbonyl (C=O) groups is 2. The van der Waals surface area contributed by atoms with Crippen LogP contribution in [0.2, 0.25) is 0 Å². The molecular weight excluding hydrogens is 318 g/mol. The fourth-order valence-corrected chi connectivity index (χ4v) is 2.83. The second kappa shape index (κ2) is 6.28. The van der Waals surface area contributed by atoms with Crippen molar-refractivity contribution >= 4 is 28.9 Å². The molecule has 3 aromatic heterocycles. The molecule has 114 valence electrons. The predicted octanol–water partition coefficient (Wildman–Crippen LogP) is 1.95. The van der Waals surface area contributed by atoms with Crippen LogP contribution in [0.5, 0.6) is 0 Å². The van der Waals surface area contributed by atoms with Crippen LogP contribution in [0.1, 0.15) is 20.7 Å². The van der Waals surface area contributed by atoms with Gasteiger partial charge in [0.25, 0.3) is 5.91 Å². The van der Waals surface area contributed by atoms with Gasteiger partial charge in [-0.05, 0) is 0 Å². The first-order valence-corrected chi connectivity index (χ1v) is 7.22. The third-order valence-corrected chi connectivity index (χ3v) is 3.87. The number of carboxylic acids is 1. The van der Waals surface area contributed by atoms with Crippen molar-refractivity contribution in [3.8, 4) is 10.6 Å².